The van der Waals surface area contributed by atoms with Crippen molar-refractivity contribution in [2.45, 2.75) is 52.6 Å². The van der Waals surface area contributed by atoms with E-state index in [1.54, 1.807) is 0 Å². The summed E-state index contributed by atoms with van der Waals surface area (Å²) in [5, 5.41) is 9.41. The van der Waals surface area contributed by atoms with Gasteiger partial charge in [-0.2, -0.15) is 0 Å². The van der Waals surface area contributed by atoms with Gasteiger partial charge in [0.05, 0.1) is 6.10 Å². The normalized spacial score (nSPS) is 33.3. The van der Waals surface area contributed by atoms with Gasteiger partial charge in [0.15, 0.2) is 0 Å². The second-order valence-corrected chi connectivity index (χ2v) is 4.76. The summed E-state index contributed by atoms with van der Waals surface area (Å²) in [5.74, 6) is 0.554. The lowest BCUT2D eigenvalue weighted by molar-refractivity contribution is 0.0588. The Balaban J connectivity index is 2.46. The van der Waals surface area contributed by atoms with Crippen LogP contribution in [0.15, 0.2) is 0 Å². The van der Waals surface area contributed by atoms with Crippen LogP contribution in [0.25, 0.3) is 0 Å². The first-order valence-electron chi connectivity index (χ1n) is 4.69. The van der Waals surface area contributed by atoms with Crippen molar-refractivity contribution in [2.75, 3.05) is 0 Å². The number of rotatable bonds is 1. The molecule has 1 aliphatic rings. The molecule has 0 radical (unpaired) electrons. The standard InChI is InChI=1S/C10H20O/c1-8(11)9-5-4-6-10(2,3)7-9/h8-9,11H,4-7H2,1-3H3/t8-,9-/m0/s1. The zero-order chi connectivity index (χ0) is 8.48. The molecule has 0 bridgehead atoms. The third kappa shape index (κ3) is 2.48. The first kappa shape index (κ1) is 9.05. The predicted molar refractivity (Wildman–Crippen MR) is 47.4 cm³/mol. The van der Waals surface area contributed by atoms with E-state index in [0.717, 1.165) is 0 Å². The summed E-state index contributed by atoms with van der Waals surface area (Å²) in [7, 11) is 0. The Labute approximate surface area is 69.8 Å². The predicted octanol–water partition coefficient (Wildman–Crippen LogP) is 2.58. The Hall–Kier alpha value is -0.0400. The first-order chi connectivity index (χ1) is 5.01. The van der Waals surface area contributed by atoms with E-state index in [0.29, 0.717) is 11.3 Å². The van der Waals surface area contributed by atoms with E-state index in [2.05, 4.69) is 13.8 Å². The van der Waals surface area contributed by atoms with Crippen LogP contribution in [0.2, 0.25) is 0 Å². The monoisotopic (exact) mass is 156 g/mol. The highest BCUT2D eigenvalue weighted by molar-refractivity contribution is 4.81. The molecule has 0 aromatic heterocycles. The van der Waals surface area contributed by atoms with Crippen molar-refractivity contribution in [2.24, 2.45) is 11.3 Å². The molecule has 1 nitrogen and oxygen atoms in total. The van der Waals surface area contributed by atoms with Crippen molar-refractivity contribution >= 4 is 0 Å². The van der Waals surface area contributed by atoms with Gasteiger partial charge in [-0.1, -0.05) is 20.3 Å². The molecule has 0 unspecified atom stereocenters. The Morgan fingerprint density at radius 3 is 2.45 bits per heavy atom. The van der Waals surface area contributed by atoms with Gasteiger partial charge in [-0.15, -0.1) is 0 Å². The average molecular weight is 156 g/mol. The van der Waals surface area contributed by atoms with Gasteiger partial charge in [-0.05, 0) is 37.5 Å². The lowest BCUT2D eigenvalue weighted by Gasteiger charge is -2.36. The summed E-state index contributed by atoms with van der Waals surface area (Å²) in [6.07, 6.45) is 4.94. The fourth-order valence-corrected chi connectivity index (χ4v) is 2.17. The molecule has 1 saturated carbocycles. The number of aliphatic hydroxyl groups excluding tert-OH is 1. The molecule has 66 valence electrons. The maximum absolute atomic E-state index is 9.41. The van der Waals surface area contributed by atoms with Gasteiger partial charge in [-0.25, -0.2) is 0 Å². The fraction of sp³-hybridized carbons (Fsp3) is 1.00. The third-order valence-corrected chi connectivity index (χ3v) is 2.93. The van der Waals surface area contributed by atoms with Crippen molar-refractivity contribution in [3.8, 4) is 0 Å². The van der Waals surface area contributed by atoms with E-state index in [1.165, 1.54) is 25.7 Å². The minimum Gasteiger partial charge on any atom is -0.393 e. The van der Waals surface area contributed by atoms with E-state index in [-0.39, 0.29) is 6.10 Å². The summed E-state index contributed by atoms with van der Waals surface area (Å²) in [6.45, 7) is 6.54. The van der Waals surface area contributed by atoms with E-state index in [9.17, 15) is 5.11 Å². The maximum Gasteiger partial charge on any atom is 0.0540 e. The molecule has 0 heterocycles. The Bertz CT molecular complexity index is 127. The Kier molecular flexibility index (Phi) is 2.58. The Morgan fingerprint density at radius 1 is 1.45 bits per heavy atom. The van der Waals surface area contributed by atoms with Crippen LogP contribution in [-0.4, -0.2) is 11.2 Å². The zero-order valence-electron chi connectivity index (χ0n) is 7.93. The van der Waals surface area contributed by atoms with E-state index in [1.807, 2.05) is 6.92 Å². The summed E-state index contributed by atoms with van der Waals surface area (Å²) < 4.78 is 0. The number of aliphatic hydroxyl groups is 1. The molecule has 0 aromatic carbocycles. The second-order valence-electron chi connectivity index (χ2n) is 4.76. The van der Waals surface area contributed by atoms with Crippen LogP contribution in [0.4, 0.5) is 0 Å². The first-order valence-corrected chi connectivity index (χ1v) is 4.69. The van der Waals surface area contributed by atoms with Gasteiger partial charge in [-0.3, -0.25) is 0 Å². The molecule has 1 fully saturated rings. The van der Waals surface area contributed by atoms with Crippen molar-refractivity contribution in [3.63, 3.8) is 0 Å². The summed E-state index contributed by atoms with van der Waals surface area (Å²) in [5.41, 5.74) is 0.472. The van der Waals surface area contributed by atoms with Crippen LogP contribution < -0.4 is 0 Å². The van der Waals surface area contributed by atoms with Gasteiger partial charge in [0.1, 0.15) is 0 Å². The topological polar surface area (TPSA) is 20.2 Å². The van der Waals surface area contributed by atoms with Crippen molar-refractivity contribution < 1.29 is 5.11 Å². The number of hydrogen-bond donors (Lipinski definition) is 1. The highest BCUT2D eigenvalue weighted by atomic mass is 16.3. The van der Waals surface area contributed by atoms with Gasteiger partial charge in [0.2, 0.25) is 0 Å². The van der Waals surface area contributed by atoms with E-state index >= 15 is 0 Å². The van der Waals surface area contributed by atoms with Crippen molar-refractivity contribution in [1.29, 1.82) is 0 Å². The lowest BCUT2D eigenvalue weighted by Crippen LogP contribution is -2.28. The van der Waals surface area contributed by atoms with Gasteiger partial charge in [0.25, 0.3) is 0 Å². The van der Waals surface area contributed by atoms with Crippen molar-refractivity contribution in [1.82, 2.24) is 0 Å². The highest BCUT2D eigenvalue weighted by Gasteiger charge is 2.29. The molecule has 1 N–H and O–H groups in total. The van der Waals surface area contributed by atoms with Gasteiger partial charge < -0.3 is 5.11 Å². The maximum atomic E-state index is 9.41. The molecule has 0 aromatic rings. The minimum atomic E-state index is -0.102. The molecule has 1 rings (SSSR count). The number of hydrogen-bond acceptors (Lipinski definition) is 1. The highest BCUT2D eigenvalue weighted by Crippen LogP contribution is 2.39. The van der Waals surface area contributed by atoms with Crippen LogP contribution in [0.1, 0.15) is 46.5 Å². The van der Waals surface area contributed by atoms with Gasteiger partial charge in [0, 0.05) is 0 Å². The molecule has 1 aliphatic carbocycles. The molecule has 1 heteroatoms. The van der Waals surface area contributed by atoms with Crippen molar-refractivity contribution in [3.05, 3.63) is 0 Å². The van der Waals surface area contributed by atoms with Crippen LogP contribution in [0.5, 0.6) is 0 Å². The zero-order valence-corrected chi connectivity index (χ0v) is 7.93. The fourth-order valence-electron chi connectivity index (χ4n) is 2.17. The Morgan fingerprint density at radius 2 is 2.09 bits per heavy atom. The average Bonchev–Trinajstić information content (AvgIpc) is 1.85. The summed E-state index contributed by atoms with van der Waals surface area (Å²) >= 11 is 0. The van der Waals surface area contributed by atoms with Crippen LogP contribution in [0, 0.1) is 11.3 Å². The molecular formula is C10H20O. The van der Waals surface area contributed by atoms with Crippen LogP contribution in [-0.2, 0) is 0 Å². The molecule has 0 aliphatic heterocycles. The summed E-state index contributed by atoms with van der Waals surface area (Å²) in [6, 6.07) is 0. The molecule has 0 amide bonds. The summed E-state index contributed by atoms with van der Waals surface area (Å²) in [4.78, 5) is 0. The minimum absolute atomic E-state index is 0.102. The van der Waals surface area contributed by atoms with E-state index in [4.69, 9.17) is 0 Å². The molecule has 0 spiro atoms. The largest absolute Gasteiger partial charge is 0.393 e. The lowest BCUT2D eigenvalue weighted by atomic mass is 9.71. The van der Waals surface area contributed by atoms with Crippen LogP contribution >= 0.6 is 0 Å². The smallest absolute Gasteiger partial charge is 0.0540 e. The molecule has 0 saturated heterocycles. The van der Waals surface area contributed by atoms with E-state index < -0.39 is 0 Å². The molecular weight excluding hydrogens is 136 g/mol. The molecule has 11 heavy (non-hydrogen) atoms. The quantitative estimate of drug-likeness (QED) is 0.618. The second kappa shape index (κ2) is 3.14. The SMILES string of the molecule is C[C@H](O)[C@H]1CCCC(C)(C)C1. The molecule has 2 atom stereocenters. The van der Waals surface area contributed by atoms with Gasteiger partial charge >= 0.3 is 0 Å². The van der Waals surface area contributed by atoms with Crippen LogP contribution in [0.3, 0.4) is 0 Å². The third-order valence-electron chi connectivity index (χ3n) is 2.93.